The van der Waals surface area contributed by atoms with Crippen LogP contribution in [0, 0.1) is 0 Å². The summed E-state index contributed by atoms with van der Waals surface area (Å²) in [5.41, 5.74) is 9.68. The average molecular weight is 300 g/mol. The summed E-state index contributed by atoms with van der Waals surface area (Å²) >= 11 is 1.75. The molecular weight excluding hydrogens is 280 g/mol. The van der Waals surface area contributed by atoms with Crippen LogP contribution in [0.4, 0.5) is 5.69 Å². The highest BCUT2D eigenvalue weighted by Gasteiger charge is 2.18. The zero-order chi connectivity index (χ0) is 14.7. The molecule has 2 aromatic rings. The Morgan fingerprint density at radius 1 is 1.19 bits per heavy atom. The number of thioether (sulfide) groups is 1. The lowest BCUT2D eigenvalue weighted by Crippen LogP contribution is -2.27. The first kappa shape index (κ1) is 14.3. The van der Waals surface area contributed by atoms with E-state index in [1.165, 1.54) is 21.7 Å². The lowest BCUT2D eigenvalue weighted by atomic mass is 10.1. The van der Waals surface area contributed by atoms with Gasteiger partial charge in [0, 0.05) is 34.8 Å². The molecular formula is C17H20N2OS. The van der Waals surface area contributed by atoms with Gasteiger partial charge < -0.3 is 15.4 Å². The van der Waals surface area contributed by atoms with Gasteiger partial charge >= 0.3 is 0 Å². The predicted molar refractivity (Wildman–Crippen MR) is 89.1 cm³/mol. The maximum atomic E-state index is 6.00. The van der Waals surface area contributed by atoms with Crippen molar-refractivity contribution in [2.24, 2.45) is 5.73 Å². The van der Waals surface area contributed by atoms with Gasteiger partial charge in [-0.2, -0.15) is 0 Å². The number of anilines is 1. The van der Waals surface area contributed by atoms with Crippen LogP contribution in [0.3, 0.4) is 0 Å². The predicted octanol–water partition coefficient (Wildman–Crippen LogP) is 3.27. The first-order valence-electron chi connectivity index (χ1n) is 7.15. The van der Waals surface area contributed by atoms with Crippen LogP contribution in [0.5, 0.6) is 5.75 Å². The minimum atomic E-state index is 0.561. The number of para-hydroxylation sites is 1. The van der Waals surface area contributed by atoms with Crippen LogP contribution in [0.25, 0.3) is 0 Å². The summed E-state index contributed by atoms with van der Waals surface area (Å²) in [5, 5.41) is 0. The highest BCUT2D eigenvalue weighted by atomic mass is 32.2. The van der Waals surface area contributed by atoms with Gasteiger partial charge in [0.1, 0.15) is 12.4 Å². The third-order valence-electron chi connectivity index (χ3n) is 3.83. The molecule has 0 aliphatic carbocycles. The van der Waals surface area contributed by atoms with E-state index < -0.39 is 0 Å². The van der Waals surface area contributed by atoms with Crippen molar-refractivity contribution < 1.29 is 4.74 Å². The average Bonchev–Trinajstić information content (AvgIpc) is 2.76. The van der Waals surface area contributed by atoms with Crippen LogP contribution in [-0.2, 0) is 13.1 Å². The van der Waals surface area contributed by atoms with Crippen LogP contribution < -0.4 is 15.4 Å². The molecule has 1 aliphatic rings. The van der Waals surface area contributed by atoms with E-state index in [9.17, 15) is 0 Å². The summed E-state index contributed by atoms with van der Waals surface area (Å²) in [5.74, 6) is 0.996. The third kappa shape index (κ3) is 2.87. The van der Waals surface area contributed by atoms with Gasteiger partial charge in [-0.25, -0.2) is 0 Å². The van der Waals surface area contributed by atoms with E-state index in [0.717, 1.165) is 18.8 Å². The topological polar surface area (TPSA) is 38.5 Å². The molecule has 0 saturated carbocycles. The van der Waals surface area contributed by atoms with Gasteiger partial charge in [-0.05, 0) is 24.5 Å². The van der Waals surface area contributed by atoms with E-state index in [1.807, 2.05) is 12.1 Å². The Morgan fingerprint density at radius 2 is 2.05 bits per heavy atom. The van der Waals surface area contributed by atoms with Gasteiger partial charge in [-0.3, -0.25) is 0 Å². The molecule has 0 bridgehead atoms. The van der Waals surface area contributed by atoms with Crippen LogP contribution in [0.2, 0.25) is 0 Å². The summed E-state index contributed by atoms with van der Waals surface area (Å²) in [6.07, 6.45) is 2.10. The summed E-state index contributed by atoms with van der Waals surface area (Å²) < 4.78 is 5.85. The molecule has 0 atom stereocenters. The second kappa shape index (κ2) is 6.41. The minimum Gasteiger partial charge on any atom is -0.491 e. The lowest BCUT2D eigenvalue weighted by Gasteiger charge is -2.26. The SMILES string of the molecule is CSc1cccc(N2CCOc3ccccc3C2)c1CN. The number of nitrogens with zero attached hydrogens (tertiary/aromatic N) is 1. The summed E-state index contributed by atoms with van der Waals surface area (Å²) in [6.45, 7) is 3.00. The molecule has 110 valence electrons. The fraction of sp³-hybridized carbons (Fsp3) is 0.294. The first-order chi connectivity index (χ1) is 10.3. The molecule has 0 unspecified atom stereocenters. The molecule has 4 heteroatoms. The van der Waals surface area contributed by atoms with Gasteiger partial charge in [-0.15, -0.1) is 11.8 Å². The van der Waals surface area contributed by atoms with Gasteiger partial charge in [0.15, 0.2) is 0 Å². The maximum absolute atomic E-state index is 6.00. The van der Waals surface area contributed by atoms with E-state index >= 15 is 0 Å². The van der Waals surface area contributed by atoms with Crippen molar-refractivity contribution in [2.45, 2.75) is 18.0 Å². The van der Waals surface area contributed by atoms with Crippen molar-refractivity contribution in [1.29, 1.82) is 0 Å². The summed E-state index contributed by atoms with van der Waals surface area (Å²) in [6, 6.07) is 14.7. The Kier molecular flexibility index (Phi) is 4.36. The molecule has 0 fully saturated rings. The molecule has 1 heterocycles. The number of hydrogen-bond acceptors (Lipinski definition) is 4. The van der Waals surface area contributed by atoms with Crippen molar-refractivity contribution >= 4 is 17.4 Å². The van der Waals surface area contributed by atoms with E-state index in [1.54, 1.807) is 11.8 Å². The molecule has 0 radical (unpaired) electrons. The maximum Gasteiger partial charge on any atom is 0.124 e. The fourth-order valence-corrected chi connectivity index (χ4v) is 3.43. The molecule has 2 aromatic carbocycles. The quantitative estimate of drug-likeness (QED) is 0.883. The lowest BCUT2D eigenvalue weighted by molar-refractivity contribution is 0.331. The number of hydrogen-bond donors (Lipinski definition) is 1. The van der Waals surface area contributed by atoms with E-state index in [-0.39, 0.29) is 0 Å². The van der Waals surface area contributed by atoms with E-state index in [2.05, 4.69) is 41.5 Å². The number of fused-ring (bicyclic) bond motifs is 1. The molecule has 0 saturated heterocycles. The van der Waals surface area contributed by atoms with Gasteiger partial charge in [0.2, 0.25) is 0 Å². The molecule has 0 aromatic heterocycles. The highest BCUT2D eigenvalue weighted by Crippen LogP contribution is 2.32. The second-order valence-electron chi connectivity index (χ2n) is 5.04. The Bertz CT molecular complexity index is 630. The number of nitrogens with two attached hydrogens (primary N) is 1. The molecule has 0 spiro atoms. The van der Waals surface area contributed by atoms with Crippen LogP contribution in [-0.4, -0.2) is 19.4 Å². The summed E-state index contributed by atoms with van der Waals surface area (Å²) in [4.78, 5) is 3.63. The van der Waals surface area contributed by atoms with E-state index in [0.29, 0.717) is 13.2 Å². The zero-order valence-corrected chi connectivity index (χ0v) is 13.0. The largest absolute Gasteiger partial charge is 0.491 e. The molecule has 1 aliphatic heterocycles. The summed E-state index contributed by atoms with van der Waals surface area (Å²) in [7, 11) is 0. The molecule has 0 amide bonds. The molecule has 3 rings (SSSR count). The number of rotatable bonds is 3. The van der Waals surface area contributed by atoms with Crippen molar-refractivity contribution in [3.05, 3.63) is 53.6 Å². The Morgan fingerprint density at radius 3 is 2.86 bits per heavy atom. The van der Waals surface area contributed by atoms with Crippen LogP contribution in [0.1, 0.15) is 11.1 Å². The van der Waals surface area contributed by atoms with Crippen molar-refractivity contribution in [3.63, 3.8) is 0 Å². The zero-order valence-electron chi connectivity index (χ0n) is 12.2. The van der Waals surface area contributed by atoms with E-state index in [4.69, 9.17) is 10.5 Å². The smallest absolute Gasteiger partial charge is 0.124 e. The molecule has 21 heavy (non-hydrogen) atoms. The van der Waals surface area contributed by atoms with Crippen molar-refractivity contribution in [3.8, 4) is 5.75 Å². The van der Waals surface area contributed by atoms with Crippen molar-refractivity contribution in [2.75, 3.05) is 24.3 Å². The Labute approximate surface area is 130 Å². The van der Waals surface area contributed by atoms with Crippen LogP contribution in [0.15, 0.2) is 47.4 Å². The standard InChI is InChI=1S/C17H20N2OS/c1-21-17-8-4-6-15(14(17)11-18)19-9-10-20-16-7-3-2-5-13(16)12-19/h2-8H,9-12,18H2,1H3. The van der Waals surface area contributed by atoms with Gasteiger partial charge in [0.05, 0.1) is 6.54 Å². The van der Waals surface area contributed by atoms with Crippen LogP contribution >= 0.6 is 11.8 Å². The number of benzene rings is 2. The monoisotopic (exact) mass is 300 g/mol. The van der Waals surface area contributed by atoms with Gasteiger partial charge in [0.25, 0.3) is 0 Å². The first-order valence-corrected chi connectivity index (χ1v) is 8.37. The van der Waals surface area contributed by atoms with Crippen molar-refractivity contribution in [1.82, 2.24) is 0 Å². The molecule has 3 nitrogen and oxygen atoms in total. The Balaban J connectivity index is 1.98. The minimum absolute atomic E-state index is 0.561. The highest BCUT2D eigenvalue weighted by molar-refractivity contribution is 7.98. The molecule has 2 N–H and O–H groups in total. The van der Waals surface area contributed by atoms with Gasteiger partial charge in [-0.1, -0.05) is 24.3 Å². The normalized spacial score (nSPS) is 14.3. The second-order valence-corrected chi connectivity index (χ2v) is 5.89. The third-order valence-corrected chi connectivity index (χ3v) is 4.65. The fourth-order valence-electron chi connectivity index (χ4n) is 2.78. The Hall–Kier alpha value is -1.65. The number of ether oxygens (including phenoxy) is 1.